The van der Waals surface area contributed by atoms with Gasteiger partial charge in [-0.2, -0.15) is 0 Å². The zero-order valence-electron chi connectivity index (χ0n) is 28.1. The van der Waals surface area contributed by atoms with Gasteiger partial charge in [0.05, 0.1) is 23.0 Å². The number of carbonyl (C=O) groups is 2. The van der Waals surface area contributed by atoms with Crippen LogP contribution in [-0.2, 0) is 17.6 Å². The highest BCUT2D eigenvalue weighted by Gasteiger charge is 2.31. The molecule has 2 amide bonds. The maximum absolute atomic E-state index is 14.5. The molecule has 3 aromatic rings. The van der Waals surface area contributed by atoms with Crippen molar-refractivity contribution in [2.45, 2.75) is 85.3 Å². The molecule has 5 rings (SSSR count). The van der Waals surface area contributed by atoms with E-state index in [4.69, 9.17) is 4.74 Å². The van der Waals surface area contributed by atoms with Crippen molar-refractivity contribution in [1.82, 2.24) is 24.3 Å². The van der Waals surface area contributed by atoms with Gasteiger partial charge in [0.2, 0.25) is 0 Å². The van der Waals surface area contributed by atoms with Crippen LogP contribution in [0.2, 0.25) is 0 Å². The first kappa shape index (κ1) is 32.9. The van der Waals surface area contributed by atoms with Crippen molar-refractivity contribution in [3.63, 3.8) is 0 Å². The fourth-order valence-corrected chi connectivity index (χ4v) is 6.82. The minimum atomic E-state index is -0.470. The molecule has 244 valence electrons. The lowest BCUT2D eigenvalue weighted by molar-refractivity contribution is 0.0172. The summed E-state index contributed by atoms with van der Waals surface area (Å²) in [6.07, 6.45) is 10.7. The third-order valence-corrected chi connectivity index (χ3v) is 9.46. The first-order valence-corrected chi connectivity index (χ1v) is 16.6. The second kappa shape index (κ2) is 13.5. The molecule has 4 heterocycles. The van der Waals surface area contributed by atoms with Crippen LogP contribution in [0.5, 0.6) is 0 Å². The van der Waals surface area contributed by atoms with E-state index in [1.165, 1.54) is 28.6 Å². The molecule has 45 heavy (non-hydrogen) atoms. The Hall–Kier alpha value is -3.46. The molecule has 0 N–H and O–H groups in total. The molecule has 9 heteroatoms. The van der Waals surface area contributed by atoms with Crippen LogP contribution in [0.15, 0.2) is 36.8 Å². The highest BCUT2D eigenvalue weighted by Crippen LogP contribution is 2.33. The second-order valence-corrected chi connectivity index (χ2v) is 14.3. The first-order chi connectivity index (χ1) is 21.3. The number of rotatable bonds is 8. The monoisotopic (exact) mass is 619 g/mol. The molecule has 2 aromatic heterocycles. The topological polar surface area (TPSA) is 70.9 Å². The first-order valence-electron chi connectivity index (χ1n) is 16.6. The summed E-state index contributed by atoms with van der Waals surface area (Å²) in [5.41, 5.74) is 3.93. The van der Waals surface area contributed by atoms with Crippen LogP contribution in [0.25, 0.3) is 16.6 Å². The van der Waals surface area contributed by atoms with Crippen molar-refractivity contribution >= 4 is 22.9 Å². The molecule has 0 spiro atoms. The van der Waals surface area contributed by atoms with E-state index >= 15 is 0 Å². The molecule has 0 radical (unpaired) electrons. The van der Waals surface area contributed by atoms with Crippen LogP contribution in [0, 0.1) is 17.7 Å². The number of pyridine rings is 1. The van der Waals surface area contributed by atoms with E-state index < -0.39 is 11.4 Å². The van der Waals surface area contributed by atoms with Gasteiger partial charge in [-0.25, -0.2) is 9.18 Å². The molecule has 2 saturated heterocycles. The van der Waals surface area contributed by atoms with Crippen molar-refractivity contribution in [2.75, 3.05) is 39.8 Å². The smallest absolute Gasteiger partial charge is 0.410 e. The number of likely N-dealkylation sites (tertiary alicyclic amines) is 2. The number of benzene rings is 1. The standard InChI is InChI=1S/C36H50FN5O3/c1-8-27-19-38-20-32-33(27)28(23-42(32)31-10-9-29(37)18-30(31)34(43)39(7)24(2)3)17-26-11-14-40(22-26)21-25-12-15-41(16-13-25)35(44)45-36(4,5)6/h9-10,18-20,23-26H,8,11-17,21-22H2,1-7H3/t26-/m1/s1. The molecule has 0 saturated carbocycles. The van der Waals surface area contributed by atoms with Gasteiger partial charge in [-0.1, -0.05) is 6.92 Å². The zero-order valence-corrected chi connectivity index (χ0v) is 28.1. The average molecular weight is 620 g/mol. The minimum absolute atomic E-state index is 0.0122. The predicted octanol–water partition coefficient (Wildman–Crippen LogP) is 6.72. The SMILES string of the molecule is CCc1cncc2c1c(C[C@H]1CCN(CC3CCN(C(=O)OC(C)(C)C)CC3)C1)cn2-c1ccc(F)cc1C(=O)N(C)C(C)C. The quantitative estimate of drug-likeness (QED) is 0.280. The van der Waals surface area contributed by atoms with E-state index in [0.717, 1.165) is 70.3 Å². The van der Waals surface area contributed by atoms with Crippen LogP contribution < -0.4 is 0 Å². The Kier molecular flexibility index (Phi) is 9.87. The lowest BCUT2D eigenvalue weighted by Gasteiger charge is -2.34. The lowest BCUT2D eigenvalue weighted by atomic mass is 9.95. The summed E-state index contributed by atoms with van der Waals surface area (Å²) < 4.78 is 22.1. The summed E-state index contributed by atoms with van der Waals surface area (Å²) in [6, 6.07) is 4.48. The van der Waals surface area contributed by atoms with Gasteiger partial charge >= 0.3 is 6.09 Å². The van der Waals surface area contributed by atoms with Gasteiger partial charge in [0.15, 0.2) is 0 Å². The van der Waals surface area contributed by atoms with E-state index in [-0.39, 0.29) is 18.0 Å². The van der Waals surface area contributed by atoms with E-state index in [0.29, 0.717) is 23.1 Å². The number of carbonyl (C=O) groups excluding carboxylic acids is 2. The van der Waals surface area contributed by atoms with Gasteiger partial charge in [-0.15, -0.1) is 0 Å². The Bertz CT molecular complexity index is 1520. The number of amides is 2. The van der Waals surface area contributed by atoms with E-state index in [1.54, 1.807) is 18.0 Å². The molecule has 0 aliphatic carbocycles. The Morgan fingerprint density at radius 2 is 1.78 bits per heavy atom. The minimum Gasteiger partial charge on any atom is -0.444 e. The Morgan fingerprint density at radius 3 is 2.44 bits per heavy atom. The normalized spacial score (nSPS) is 18.2. The van der Waals surface area contributed by atoms with Gasteiger partial charge < -0.3 is 24.0 Å². The van der Waals surface area contributed by atoms with E-state index in [9.17, 15) is 14.0 Å². The molecule has 0 bridgehead atoms. The molecular formula is C36H50FN5O3. The molecule has 1 aromatic carbocycles. The summed E-state index contributed by atoms with van der Waals surface area (Å²) in [7, 11) is 1.76. The highest BCUT2D eigenvalue weighted by molar-refractivity contribution is 5.99. The van der Waals surface area contributed by atoms with Crippen molar-refractivity contribution < 1.29 is 18.7 Å². The second-order valence-electron chi connectivity index (χ2n) is 14.3. The number of piperidine rings is 1. The summed E-state index contributed by atoms with van der Waals surface area (Å²) in [5, 5.41) is 1.19. The zero-order chi connectivity index (χ0) is 32.5. The summed E-state index contributed by atoms with van der Waals surface area (Å²) in [4.78, 5) is 36.6. The van der Waals surface area contributed by atoms with E-state index in [2.05, 4.69) is 23.0 Å². The fourth-order valence-electron chi connectivity index (χ4n) is 6.82. The van der Waals surface area contributed by atoms with E-state index in [1.807, 2.05) is 56.5 Å². The van der Waals surface area contributed by atoms with Crippen LogP contribution in [0.4, 0.5) is 9.18 Å². The van der Waals surface area contributed by atoms with Crippen LogP contribution >= 0.6 is 0 Å². The Labute approximate surface area is 267 Å². The van der Waals surface area contributed by atoms with Crippen molar-refractivity contribution in [2.24, 2.45) is 11.8 Å². The predicted molar refractivity (Wildman–Crippen MR) is 176 cm³/mol. The van der Waals surface area contributed by atoms with Crippen LogP contribution in [0.3, 0.4) is 0 Å². The Morgan fingerprint density at radius 1 is 1.07 bits per heavy atom. The number of fused-ring (bicyclic) bond motifs is 1. The number of ether oxygens (including phenoxy) is 1. The lowest BCUT2D eigenvalue weighted by Crippen LogP contribution is -2.43. The average Bonchev–Trinajstić information content (AvgIpc) is 3.59. The van der Waals surface area contributed by atoms with Crippen molar-refractivity contribution in [3.05, 3.63) is 59.3 Å². The van der Waals surface area contributed by atoms with Gasteiger partial charge in [0.25, 0.3) is 5.91 Å². The van der Waals surface area contributed by atoms with Gasteiger partial charge in [-0.05, 0) is 114 Å². The summed E-state index contributed by atoms with van der Waals surface area (Å²) in [6.45, 7) is 16.5. The summed E-state index contributed by atoms with van der Waals surface area (Å²) in [5.74, 6) is 0.474. The van der Waals surface area contributed by atoms with Crippen LogP contribution in [-0.4, -0.2) is 87.7 Å². The molecule has 0 unspecified atom stereocenters. The van der Waals surface area contributed by atoms with Crippen molar-refractivity contribution in [1.29, 1.82) is 0 Å². The molecule has 2 aliphatic heterocycles. The molecule has 2 aliphatic rings. The van der Waals surface area contributed by atoms with Crippen molar-refractivity contribution in [3.8, 4) is 5.69 Å². The van der Waals surface area contributed by atoms with Gasteiger partial charge in [0, 0.05) is 57.0 Å². The molecule has 8 nitrogen and oxygen atoms in total. The Balaban J connectivity index is 1.32. The maximum Gasteiger partial charge on any atom is 0.410 e. The largest absolute Gasteiger partial charge is 0.444 e. The number of hydrogen-bond acceptors (Lipinski definition) is 5. The van der Waals surface area contributed by atoms with Gasteiger partial charge in [-0.3, -0.25) is 9.78 Å². The molecule has 2 fully saturated rings. The molecule has 1 atom stereocenters. The van der Waals surface area contributed by atoms with Crippen LogP contribution in [0.1, 0.15) is 82.3 Å². The molecular weight excluding hydrogens is 569 g/mol. The third-order valence-electron chi connectivity index (χ3n) is 9.46. The number of nitrogens with zero attached hydrogens (tertiary/aromatic N) is 5. The summed E-state index contributed by atoms with van der Waals surface area (Å²) >= 11 is 0. The number of hydrogen-bond donors (Lipinski definition) is 0. The maximum atomic E-state index is 14.5. The number of aromatic nitrogens is 2. The number of aryl methyl sites for hydroxylation is 1. The highest BCUT2D eigenvalue weighted by atomic mass is 19.1. The third kappa shape index (κ3) is 7.51. The fraction of sp³-hybridized carbons (Fsp3) is 0.583. The number of halogens is 1. The van der Waals surface area contributed by atoms with Gasteiger partial charge in [0.1, 0.15) is 11.4 Å².